The average molecular weight is 559 g/mol. The maximum absolute atomic E-state index is 15.0. The Morgan fingerprint density at radius 1 is 1.10 bits per heavy atom. The maximum Gasteiger partial charge on any atom is 0.411 e. The number of sulfone groups is 1. The Bertz CT molecular complexity index is 1440. The normalized spacial score (nSPS) is 21.5. The zero-order chi connectivity index (χ0) is 28.7. The fourth-order valence-corrected chi connectivity index (χ4v) is 6.38. The van der Waals surface area contributed by atoms with Crippen LogP contribution in [-0.4, -0.2) is 49.1 Å². The lowest BCUT2D eigenvalue weighted by Crippen LogP contribution is -2.51. The fraction of sp³-hybridized carbons (Fsp3) is 0.483. The summed E-state index contributed by atoms with van der Waals surface area (Å²) in [6, 6.07) is 9.21. The van der Waals surface area contributed by atoms with Gasteiger partial charge in [-0.2, -0.15) is 5.26 Å². The van der Waals surface area contributed by atoms with Gasteiger partial charge in [-0.15, -0.1) is 0 Å². The van der Waals surface area contributed by atoms with Gasteiger partial charge in [-0.25, -0.2) is 22.0 Å². The molecule has 2 bridgehead atoms. The first-order chi connectivity index (χ1) is 18.2. The Hall–Kier alpha value is -3.32. The molecule has 1 aliphatic heterocycles. The van der Waals surface area contributed by atoms with Crippen LogP contribution < -0.4 is 0 Å². The molecule has 2 aliphatic rings. The van der Waals surface area contributed by atoms with Crippen LogP contribution in [0.2, 0.25) is 0 Å². The predicted octanol–water partition coefficient (Wildman–Crippen LogP) is 5.46. The molecule has 4 rings (SSSR count). The molecule has 0 aromatic heterocycles. The minimum Gasteiger partial charge on any atom is -0.444 e. The number of halogens is 2. The lowest BCUT2D eigenvalue weighted by molar-refractivity contribution is -0.126. The molecule has 39 heavy (non-hydrogen) atoms. The van der Waals surface area contributed by atoms with Crippen molar-refractivity contribution in [3.05, 3.63) is 53.6 Å². The highest BCUT2D eigenvalue weighted by Gasteiger charge is 2.52. The Labute approximate surface area is 227 Å². The molecule has 0 spiro atoms. The van der Waals surface area contributed by atoms with Crippen molar-refractivity contribution in [3.63, 3.8) is 0 Å². The van der Waals surface area contributed by atoms with Crippen molar-refractivity contribution in [2.45, 2.75) is 75.5 Å². The summed E-state index contributed by atoms with van der Waals surface area (Å²) in [5.74, 6) is -2.55. The number of carbonyl (C=O) groups excluding carboxylic acids is 2. The number of nitrogens with zero attached hydrogens (tertiary/aromatic N) is 2. The minimum absolute atomic E-state index is 0.0109. The van der Waals surface area contributed by atoms with Crippen molar-refractivity contribution in [1.29, 1.82) is 5.26 Å². The van der Waals surface area contributed by atoms with Crippen LogP contribution in [0.4, 0.5) is 13.6 Å². The van der Waals surface area contributed by atoms with Gasteiger partial charge < -0.3 is 4.74 Å². The number of hydrogen-bond donors (Lipinski definition) is 0. The number of rotatable bonds is 7. The number of ether oxygens (including phenoxy) is 1. The number of carbonyl (C=O) groups is 2. The molecule has 0 radical (unpaired) electrons. The SMILES string of the molecule is CC(C)(C)OC(=O)N1[C@@H]2CC[C@@H](C2)[C@H]1C(=O)C[C@H](C#N)Cc1ccc(-c2ccc(S(C)(=O)=O)c(F)c2)cc1F. The molecule has 1 heterocycles. The first-order valence-corrected chi connectivity index (χ1v) is 14.8. The van der Waals surface area contributed by atoms with E-state index in [9.17, 15) is 27.7 Å². The molecular formula is C29H32F2N2O5S. The van der Waals surface area contributed by atoms with Crippen LogP contribution in [0, 0.1) is 34.8 Å². The molecule has 208 valence electrons. The van der Waals surface area contributed by atoms with Gasteiger partial charge in [0.1, 0.15) is 22.1 Å². The van der Waals surface area contributed by atoms with Gasteiger partial charge in [0.2, 0.25) is 0 Å². The van der Waals surface area contributed by atoms with E-state index in [1.54, 1.807) is 31.7 Å². The number of nitriles is 1. The summed E-state index contributed by atoms with van der Waals surface area (Å²) < 4.78 is 58.2. The summed E-state index contributed by atoms with van der Waals surface area (Å²) in [7, 11) is -3.74. The monoisotopic (exact) mass is 558 g/mol. The highest BCUT2D eigenvalue weighted by molar-refractivity contribution is 7.90. The van der Waals surface area contributed by atoms with Crippen LogP contribution in [0.15, 0.2) is 41.3 Å². The van der Waals surface area contributed by atoms with Crippen molar-refractivity contribution in [3.8, 4) is 17.2 Å². The molecule has 4 atom stereocenters. The Morgan fingerprint density at radius 3 is 2.31 bits per heavy atom. The maximum atomic E-state index is 15.0. The molecule has 0 unspecified atom stereocenters. The molecule has 1 saturated carbocycles. The Kier molecular flexibility index (Phi) is 7.86. The lowest BCUT2D eigenvalue weighted by Gasteiger charge is -2.35. The van der Waals surface area contributed by atoms with Crippen molar-refractivity contribution in [2.24, 2.45) is 11.8 Å². The van der Waals surface area contributed by atoms with Crippen molar-refractivity contribution < 1.29 is 31.5 Å². The van der Waals surface area contributed by atoms with Gasteiger partial charge in [0.15, 0.2) is 15.6 Å². The summed E-state index contributed by atoms with van der Waals surface area (Å²) in [6.07, 6.45) is 2.63. The van der Waals surface area contributed by atoms with Gasteiger partial charge in [-0.05, 0) is 87.3 Å². The van der Waals surface area contributed by atoms with Gasteiger partial charge in [0, 0.05) is 18.7 Å². The molecule has 0 N–H and O–H groups in total. The van der Waals surface area contributed by atoms with E-state index in [1.165, 1.54) is 18.2 Å². The van der Waals surface area contributed by atoms with Crippen molar-refractivity contribution >= 4 is 21.7 Å². The number of Topliss-reactive ketones (excluding diaryl/α,β-unsaturated/α-hetero) is 1. The number of fused-ring (bicyclic) bond motifs is 2. The van der Waals surface area contributed by atoms with Gasteiger partial charge in [0.25, 0.3) is 0 Å². The number of piperidine rings is 1. The highest BCUT2D eigenvalue weighted by Crippen LogP contribution is 2.44. The van der Waals surface area contributed by atoms with E-state index in [1.807, 2.05) is 0 Å². The quantitative estimate of drug-likeness (QED) is 0.447. The number of hydrogen-bond acceptors (Lipinski definition) is 6. The average Bonchev–Trinajstić information content (AvgIpc) is 3.44. The van der Waals surface area contributed by atoms with E-state index in [2.05, 4.69) is 6.07 Å². The second kappa shape index (κ2) is 10.7. The van der Waals surface area contributed by atoms with Crippen LogP contribution in [0.25, 0.3) is 11.1 Å². The van der Waals surface area contributed by atoms with Crippen molar-refractivity contribution in [2.75, 3.05) is 6.26 Å². The zero-order valence-corrected chi connectivity index (χ0v) is 23.2. The number of ketones is 1. The minimum atomic E-state index is -3.74. The topological polar surface area (TPSA) is 105 Å². The molecule has 2 aromatic carbocycles. The van der Waals surface area contributed by atoms with Crippen LogP contribution in [0.1, 0.15) is 52.0 Å². The van der Waals surface area contributed by atoms with Gasteiger partial charge in [0.05, 0.1) is 18.0 Å². The molecule has 7 nitrogen and oxygen atoms in total. The van der Waals surface area contributed by atoms with Crippen LogP contribution in [-0.2, 0) is 25.8 Å². The predicted molar refractivity (Wildman–Crippen MR) is 140 cm³/mol. The molecule has 2 fully saturated rings. The lowest BCUT2D eigenvalue weighted by atomic mass is 9.87. The number of amides is 1. The van der Waals surface area contributed by atoms with Gasteiger partial charge in [-0.1, -0.05) is 18.2 Å². The number of likely N-dealkylation sites (tertiary alicyclic amines) is 1. The third-order valence-corrected chi connectivity index (χ3v) is 8.46. The van der Waals surface area contributed by atoms with Gasteiger partial charge in [-0.3, -0.25) is 9.69 Å². The third-order valence-electron chi connectivity index (χ3n) is 7.33. The van der Waals surface area contributed by atoms with Gasteiger partial charge >= 0.3 is 6.09 Å². The third kappa shape index (κ3) is 6.30. The molecule has 10 heteroatoms. The van der Waals surface area contributed by atoms with E-state index in [-0.39, 0.29) is 36.1 Å². The summed E-state index contributed by atoms with van der Waals surface area (Å²) in [6.45, 7) is 5.30. The first kappa shape index (κ1) is 28.7. The zero-order valence-electron chi connectivity index (χ0n) is 22.4. The molecule has 1 aliphatic carbocycles. The summed E-state index contributed by atoms with van der Waals surface area (Å²) in [4.78, 5) is 27.3. The summed E-state index contributed by atoms with van der Waals surface area (Å²) in [5, 5.41) is 9.76. The second-order valence-corrected chi connectivity index (χ2v) is 13.5. The van der Waals surface area contributed by atoms with E-state index in [0.29, 0.717) is 11.1 Å². The smallest absolute Gasteiger partial charge is 0.411 e. The Morgan fingerprint density at radius 2 is 1.74 bits per heavy atom. The van der Waals surface area contributed by atoms with E-state index < -0.39 is 50.0 Å². The molecule has 2 aromatic rings. The highest BCUT2D eigenvalue weighted by atomic mass is 32.2. The summed E-state index contributed by atoms with van der Waals surface area (Å²) >= 11 is 0. The van der Waals surface area contributed by atoms with Crippen LogP contribution >= 0.6 is 0 Å². The second-order valence-electron chi connectivity index (χ2n) is 11.5. The van der Waals surface area contributed by atoms with Crippen LogP contribution in [0.5, 0.6) is 0 Å². The fourth-order valence-electron chi connectivity index (χ4n) is 5.65. The van der Waals surface area contributed by atoms with E-state index in [4.69, 9.17) is 4.74 Å². The molecule has 1 saturated heterocycles. The summed E-state index contributed by atoms with van der Waals surface area (Å²) in [5.41, 5.74) is 0.168. The van der Waals surface area contributed by atoms with E-state index >= 15 is 4.39 Å². The number of benzene rings is 2. The first-order valence-electron chi connectivity index (χ1n) is 12.9. The molecule has 1 amide bonds. The molecular weight excluding hydrogens is 526 g/mol. The largest absolute Gasteiger partial charge is 0.444 e. The standard InChI is InChI=1S/C29H32F2N2O5S/c1-29(2,3)38-28(35)33-22-9-7-21(13-22)27(33)25(34)12-17(16-32)11-20-6-5-18(14-23(20)30)19-8-10-26(24(31)15-19)39(4,36)37/h5-6,8,10,14-15,17,21-22,27H,7,9,11-13H2,1-4H3/t17-,21+,22-,27+/m1/s1. The van der Waals surface area contributed by atoms with Crippen molar-refractivity contribution in [1.82, 2.24) is 4.90 Å². The Balaban J connectivity index is 1.47. The van der Waals surface area contributed by atoms with E-state index in [0.717, 1.165) is 37.7 Å². The van der Waals surface area contributed by atoms with Crippen LogP contribution in [0.3, 0.4) is 0 Å².